The van der Waals surface area contributed by atoms with Crippen LogP contribution in [-0.2, 0) is 0 Å². The lowest BCUT2D eigenvalue weighted by Crippen LogP contribution is -1.79. The van der Waals surface area contributed by atoms with Crippen molar-refractivity contribution in [2.24, 2.45) is 0 Å². The first-order valence-corrected chi connectivity index (χ1v) is 7.62. The smallest absolute Gasteiger partial charge is 0.159 e. The van der Waals surface area contributed by atoms with Crippen LogP contribution in [0.5, 0.6) is 0 Å². The van der Waals surface area contributed by atoms with Gasteiger partial charge in [-0.1, -0.05) is 53.9 Å². The topological polar surface area (TPSA) is 15.8 Å². The minimum absolute atomic E-state index is 0.783. The molecule has 0 saturated carbocycles. The zero-order chi connectivity index (χ0) is 14.6. The highest BCUT2D eigenvalue weighted by Crippen LogP contribution is 2.20. The summed E-state index contributed by atoms with van der Waals surface area (Å²) in [6.45, 7) is 17.6. The van der Waals surface area contributed by atoms with Crippen molar-refractivity contribution >= 4 is 35.7 Å². The lowest BCUT2D eigenvalue weighted by molar-refractivity contribution is 1.16. The van der Waals surface area contributed by atoms with E-state index in [9.17, 15) is 0 Å². The first kappa shape index (κ1) is 19.4. The fraction of sp³-hybridized carbons (Fsp3) is 0.400. The van der Waals surface area contributed by atoms with E-state index in [4.69, 9.17) is 12.2 Å². The molecule has 0 atom stereocenters. The molecule has 0 radical (unpaired) electrons. The molecule has 1 aromatic rings. The molecule has 0 aliphatic rings. The van der Waals surface area contributed by atoms with Gasteiger partial charge in [-0.25, -0.2) is 0 Å². The maximum absolute atomic E-state index is 5.07. The van der Waals surface area contributed by atoms with Crippen LogP contribution in [0.4, 0.5) is 0 Å². The van der Waals surface area contributed by atoms with Gasteiger partial charge in [0.25, 0.3) is 0 Å². The fourth-order valence-electron chi connectivity index (χ4n) is 1.10. The molecule has 0 spiro atoms. The third kappa shape index (κ3) is 6.72. The number of H-pyrrole nitrogens is 1. The predicted octanol–water partition coefficient (Wildman–Crippen LogP) is 6.48. The average Bonchev–Trinajstić information content (AvgIpc) is 2.80. The minimum Gasteiger partial charge on any atom is -0.337 e. The molecule has 0 saturated heterocycles. The Bertz CT molecular complexity index is 422. The number of hydrogen-bond acceptors (Lipinski definition) is 2. The van der Waals surface area contributed by atoms with E-state index in [2.05, 4.69) is 31.1 Å². The second kappa shape index (κ2) is 12.5. The molecule has 0 aliphatic carbocycles. The summed E-state index contributed by atoms with van der Waals surface area (Å²) in [5.41, 5.74) is 2.23. The lowest BCUT2D eigenvalue weighted by Gasteiger charge is -1.96. The van der Waals surface area contributed by atoms with Gasteiger partial charge >= 0.3 is 0 Å². The van der Waals surface area contributed by atoms with Crippen LogP contribution < -0.4 is 0 Å². The Morgan fingerprint density at radius 1 is 1.28 bits per heavy atom. The minimum atomic E-state index is 0.783. The number of hydrogen-bond donors (Lipinski definition) is 1. The van der Waals surface area contributed by atoms with Gasteiger partial charge in [-0.05, 0) is 36.4 Å². The summed E-state index contributed by atoms with van der Waals surface area (Å²) < 4.78 is 0.783. The molecule has 1 nitrogen and oxygen atoms in total. The summed E-state index contributed by atoms with van der Waals surface area (Å²) in [6.07, 6.45) is 6.72. The van der Waals surface area contributed by atoms with Crippen molar-refractivity contribution in [3.05, 3.63) is 39.3 Å². The third-order valence-electron chi connectivity index (χ3n) is 1.89. The Morgan fingerprint density at radius 3 is 2.22 bits per heavy atom. The number of aromatic nitrogens is 1. The Hall–Kier alpha value is -0.930. The molecule has 0 bridgehead atoms. The zero-order valence-electron chi connectivity index (χ0n) is 12.2. The molecule has 18 heavy (non-hydrogen) atoms. The van der Waals surface area contributed by atoms with Crippen LogP contribution in [0.1, 0.15) is 51.6 Å². The van der Waals surface area contributed by atoms with Crippen LogP contribution >= 0.6 is 23.6 Å². The fourth-order valence-corrected chi connectivity index (χ4v) is 2.14. The van der Waals surface area contributed by atoms with Crippen molar-refractivity contribution in [1.82, 2.24) is 4.98 Å². The third-order valence-corrected chi connectivity index (χ3v) is 3.14. The lowest BCUT2D eigenvalue weighted by atomic mass is 10.1. The second-order valence-electron chi connectivity index (χ2n) is 2.77. The summed E-state index contributed by atoms with van der Waals surface area (Å²) in [6, 6.07) is 0. The Labute approximate surface area is 121 Å². The van der Waals surface area contributed by atoms with E-state index >= 15 is 0 Å². The molecular formula is C15H25NS2. The van der Waals surface area contributed by atoms with E-state index in [0.29, 0.717) is 0 Å². The maximum Gasteiger partial charge on any atom is 0.159 e. The molecule has 1 N–H and O–H groups in total. The number of nitrogens with one attached hydrogen (secondary N) is 1. The SMILES string of the molecule is C=C/C(=C\c1[nH]c(=S)sc1C=C)CC.CC.CC. The highest BCUT2D eigenvalue weighted by atomic mass is 32.1. The molecule has 0 aromatic carbocycles. The van der Waals surface area contributed by atoms with Gasteiger partial charge in [0.15, 0.2) is 3.95 Å². The number of thiazole rings is 1. The largest absolute Gasteiger partial charge is 0.337 e. The van der Waals surface area contributed by atoms with E-state index in [1.165, 1.54) is 16.9 Å². The van der Waals surface area contributed by atoms with Crippen molar-refractivity contribution < 1.29 is 0 Å². The van der Waals surface area contributed by atoms with Crippen LogP contribution in [0.2, 0.25) is 0 Å². The Balaban J connectivity index is 0. The van der Waals surface area contributed by atoms with Crippen LogP contribution in [0.15, 0.2) is 24.8 Å². The van der Waals surface area contributed by atoms with Crippen LogP contribution in [0.25, 0.3) is 12.2 Å². The average molecular weight is 284 g/mol. The second-order valence-corrected chi connectivity index (χ2v) is 4.49. The van der Waals surface area contributed by atoms with E-state index in [-0.39, 0.29) is 0 Å². The van der Waals surface area contributed by atoms with Crippen molar-refractivity contribution in [2.75, 3.05) is 0 Å². The zero-order valence-corrected chi connectivity index (χ0v) is 13.8. The summed E-state index contributed by atoms with van der Waals surface area (Å²) in [5, 5.41) is 0. The molecule has 0 fully saturated rings. The van der Waals surface area contributed by atoms with Crippen LogP contribution in [0.3, 0.4) is 0 Å². The van der Waals surface area contributed by atoms with E-state index < -0.39 is 0 Å². The monoisotopic (exact) mass is 283 g/mol. The number of aromatic amines is 1. The summed E-state index contributed by atoms with van der Waals surface area (Å²) >= 11 is 6.61. The van der Waals surface area contributed by atoms with Crippen molar-refractivity contribution in [1.29, 1.82) is 0 Å². The number of rotatable bonds is 4. The molecule has 3 heteroatoms. The van der Waals surface area contributed by atoms with Crippen molar-refractivity contribution in [3.8, 4) is 0 Å². The van der Waals surface area contributed by atoms with Gasteiger partial charge in [0.2, 0.25) is 0 Å². The molecule has 0 unspecified atom stereocenters. The molecule has 1 heterocycles. The highest BCUT2D eigenvalue weighted by molar-refractivity contribution is 7.73. The quantitative estimate of drug-likeness (QED) is 0.494. The van der Waals surface area contributed by atoms with Gasteiger partial charge in [0.05, 0.1) is 10.6 Å². The van der Waals surface area contributed by atoms with E-state index in [1.807, 2.05) is 39.8 Å². The summed E-state index contributed by atoms with van der Waals surface area (Å²) in [5.74, 6) is 0. The molecule has 1 aromatic heterocycles. The van der Waals surface area contributed by atoms with Crippen LogP contribution in [-0.4, -0.2) is 4.98 Å². The number of allylic oxidation sites excluding steroid dienone is 2. The first-order chi connectivity index (χ1) is 8.71. The molecule has 102 valence electrons. The maximum atomic E-state index is 5.07. The van der Waals surface area contributed by atoms with Gasteiger partial charge < -0.3 is 4.98 Å². The summed E-state index contributed by atoms with van der Waals surface area (Å²) in [7, 11) is 0. The van der Waals surface area contributed by atoms with Gasteiger partial charge in [-0.3, -0.25) is 0 Å². The van der Waals surface area contributed by atoms with Crippen molar-refractivity contribution in [2.45, 2.75) is 41.0 Å². The van der Waals surface area contributed by atoms with Crippen molar-refractivity contribution in [3.63, 3.8) is 0 Å². The Kier molecular flexibility index (Phi) is 13.5. The molecular weight excluding hydrogens is 258 g/mol. The normalized spacial score (nSPS) is 9.50. The molecule has 1 rings (SSSR count). The Morgan fingerprint density at radius 2 is 1.83 bits per heavy atom. The van der Waals surface area contributed by atoms with E-state index in [0.717, 1.165) is 20.9 Å². The van der Waals surface area contributed by atoms with Gasteiger partial charge in [0.1, 0.15) is 0 Å². The molecule has 0 aliphatic heterocycles. The van der Waals surface area contributed by atoms with Gasteiger partial charge in [-0.15, -0.1) is 11.3 Å². The van der Waals surface area contributed by atoms with Gasteiger partial charge in [0, 0.05) is 0 Å². The predicted molar refractivity (Wildman–Crippen MR) is 90.8 cm³/mol. The highest BCUT2D eigenvalue weighted by Gasteiger charge is 2.00. The standard InChI is InChI=1S/C11H13NS2.2C2H6/c1-4-8(5-2)7-9-10(6-3)14-11(13)12-9;2*1-2/h4,6-7H,1,3,5H2,2H3,(H,12,13);2*1-2H3/b8-7+;;. The van der Waals surface area contributed by atoms with E-state index in [1.54, 1.807) is 0 Å². The molecule has 0 amide bonds. The van der Waals surface area contributed by atoms with Crippen LogP contribution in [0, 0.1) is 3.95 Å². The summed E-state index contributed by atoms with van der Waals surface area (Å²) in [4.78, 5) is 4.22. The first-order valence-electron chi connectivity index (χ1n) is 6.39. The van der Waals surface area contributed by atoms with Gasteiger partial charge in [-0.2, -0.15) is 0 Å².